The Hall–Kier alpha value is -1.77. The van der Waals surface area contributed by atoms with Crippen LogP contribution in [0.4, 0.5) is 0 Å². The number of nitrogens with two attached hydrogens (primary N) is 1. The Bertz CT molecular complexity index is 669. The Morgan fingerprint density at radius 1 is 1.24 bits per heavy atom. The summed E-state index contributed by atoms with van der Waals surface area (Å²) in [5, 5.41) is 7.37. The monoisotopic (exact) mass is 309 g/mol. The second-order valence-electron chi connectivity index (χ2n) is 4.62. The van der Waals surface area contributed by atoms with Crippen LogP contribution in [0.5, 0.6) is 0 Å². The molecule has 7 nitrogen and oxygen atoms in total. The Labute approximate surface area is 124 Å². The van der Waals surface area contributed by atoms with Crippen molar-refractivity contribution in [3.05, 3.63) is 42.1 Å². The van der Waals surface area contributed by atoms with Gasteiger partial charge in [0.2, 0.25) is 0 Å². The molecule has 1 aromatic heterocycles. The number of aryl methyl sites for hydroxylation is 1. The SMILES string of the molecule is Cn1nncc1S(=O)(=O)N(CCN)CCc1ccccc1. The van der Waals surface area contributed by atoms with Crippen molar-refractivity contribution in [2.45, 2.75) is 11.4 Å². The van der Waals surface area contributed by atoms with Crippen LogP contribution in [0, 0.1) is 0 Å². The quantitative estimate of drug-likeness (QED) is 0.777. The lowest BCUT2D eigenvalue weighted by Gasteiger charge is -2.21. The third kappa shape index (κ3) is 3.66. The van der Waals surface area contributed by atoms with E-state index in [1.807, 2.05) is 30.3 Å². The summed E-state index contributed by atoms with van der Waals surface area (Å²) in [4.78, 5) is 0. The lowest BCUT2D eigenvalue weighted by molar-refractivity contribution is 0.415. The van der Waals surface area contributed by atoms with Gasteiger partial charge in [-0.15, -0.1) is 5.10 Å². The van der Waals surface area contributed by atoms with Crippen molar-refractivity contribution in [3.8, 4) is 0 Å². The minimum absolute atomic E-state index is 0.0732. The topological polar surface area (TPSA) is 94.1 Å². The molecule has 21 heavy (non-hydrogen) atoms. The highest BCUT2D eigenvalue weighted by Gasteiger charge is 2.27. The summed E-state index contributed by atoms with van der Waals surface area (Å²) >= 11 is 0. The molecule has 0 aliphatic heterocycles. The summed E-state index contributed by atoms with van der Waals surface area (Å²) in [6.07, 6.45) is 1.88. The van der Waals surface area contributed by atoms with Crippen LogP contribution in [0.15, 0.2) is 41.6 Å². The number of rotatable bonds is 7. The lowest BCUT2D eigenvalue weighted by atomic mass is 10.1. The molecule has 0 bridgehead atoms. The molecule has 0 atom stereocenters. The molecule has 1 aromatic carbocycles. The molecule has 114 valence electrons. The first-order chi connectivity index (χ1) is 10.1. The molecule has 1 heterocycles. The van der Waals surface area contributed by atoms with E-state index in [2.05, 4.69) is 10.3 Å². The van der Waals surface area contributed by atoms with Crippen LogP contribution >= 0.6 is 0 Å². The van der Waals surface area contributed by atoms with Gasteiger partial charge in [-0.1, -0.05) is 35.5 Å². The van der Waals surface area contributed by atoms with E-state index in [4.69, 9.17) is 5.73 Å². The first-order valence-electron chi connectivity index (χ1n) is 6.64. The first kappa shape index (κ1) is 15.6. The van der Waals surface area contributed by atoms with Gasteiger partial charge in [0, 0.05) is 26.7 Å². The number of nitrogens with zero attached hydrogens (tertiary/aromatic N) is 4. The first-order valence-corrected chi connectivity index (χ1v) is 8.08. The number of sulfonamides is 1. The van der Waals surface area contributed by atoms with Crippen LogP contribution in [0.2, 0.25) is 0 Å². The van der Waals surface area contributed by atoms with E-state index >= 15 is 0 Å². The van der Waals surface area contributed by atoms with Crippen molar-refractivity contribution in [2.24, 2.45) is 12.8 Å². The Morgan fingerprint density at radius 3 is 2.52 bits per heavy atom. The van der Waals surface area contributed by atoms with E-state index in [1.165, 1.54) is 15.2 Å². The molecule has 0 saturated heterocycles. The second kappa shape index (κ2) is 6.79. The highest BCUT2D eigenvalue weighted by molar-refractivity contribution is 7.89. The highest BCUT2D eigenvalue weighted by atomic mass is 32.2. The highest BCUT2D eigenvalue weighted by Crippen LogP contribution is 2.14. The smallest absolute Gasteiger partial charge is 0.261 e. The molecule has 0 radical (unpaired) electrons. The fourth-order valence-corrected chi connectivity index (χ4v) is 3.53. The van der Waals surface area contributed by atoms with Crippen LogP contribution in [0.1, 0.15) is 5.56 Å². The minimum atomic E-state index is -3.63. The van der Waals surface area contributed by atoms with Crippen molar-refractivity contribution in [2.75, 3.05) is 19.6 Å². The van der Waals surface area contributed by atoms with Crippen LogP contribution in [0.25, 0.3) is 0 Å². The fraction of sp³-hybridized carbons (Fsp3) is 0.385. The third-order valence-electron chi connectivity index (χ3n) is 3.15. The normalized spacial score (nSPS) is 12.0. The van der Waals surface area contributed by atoms with Gasteiger partial charge in [-0.2, -0.15) is 4.31 Å². The maximum absolute atomic E-state index is 12.6. The van der Waals surface area contributed by atoms with Crippen molar-refractivity contribution >= 4 is 10.0 Å². The second-order valence-corrected chi connectivity index (χ2v) is 6.51. The fourth-order valence-electron chi connectivity index (χ4n) is 2.04. The van der Waals surface area contributed by atoms with Crippen molar-refractivity contribution in [1.82, 2.24) is 19.3 Å². The molecule has 2 rings (SSSR count). The van der Waals surface area contributed by atoms with Crippen LogP contribution in [-0.2, 0) is 23.5 Å². The number of benzene rings is 1. The van der Waals surface area contributed by atoms with Gasteiger partial charge in [0.25, 0.3) is 10.0 Å². The minimum Gasteiger partial charge on any atom is -0.329 e. The van der Waals surface area contributed by atoms with E-state index < -0.39 is 10.0 Å². The zero-order valence-electron chi connectivity index (χ0n) is 11.9. The molecule has 8 heteroatoms. The molecular formula is C13H19N5O2S. The van der Waals surface area contributed by atoms with Crippen LogP contribution < -0.4 is 5.73 Å². The van der Waals surface area contributed by atoms with Crippen molar-refractivity contribution in [1.29, 1.82) is 0 Å². The van der Waals surface area contributed by atoms with Crippen molar-refractivity contribution in [3.63, 3.8) is 0 Å². The number of hydrogen-bond acceptors (Lipinski definition) is 5. The summed E-state index contributed by atoms with van der Waals surface area (Å²) in [7, 11) is -2.08. The van der Waals surface area contributed by atoms with E-state index in [-0.39, 0.29) is 18.1 Å². The Balaban J connectivity index is 2.17. The molecular weight excluding hydrogens is 290 g/mol. The molecule has 0 saturated carbocycles. The third-order valence-corrected chi connectivity index (χ3v) is 5.09. The van der Waals surface area contributed by atoms with Gasteiger partial charge in [-0.05, 0) is 12.0 Å². The maximum Gasteiger partial charge on any atom is 0.261 e. The van der Waals surface area contributed by atoms with E-state index in [9.17, 15) is 8.42 Å². The van der Waals surface area contributed by atoms with Crippen LogP contribution in [-0.4, -0.2) is 47.4 Å². The molecule has 0 fully saturated rings. The van der Waals surface area contributed by atoms with Gasteiger partial charge in [0.1, 0.15) is 0 Å². The van der Waals surface area contributed by atoms with Crippen LogP contribution in [0.3, 0.4) is 0 Å². The summed E-state index contributed by atoms with van der Waals surface area (Å²) in [6, 6.07) is 9.74. The summed E-state index contributed by atoms with van der Waals surface area (Å²) < 4.78 is 27.8. The average Bonchev–Trinajstić information content (AvgIpc) is 2.91. The standard InChI is InChI=1S/C13H19N5O2S/c1-17-13(11-15-16-17)21(19,20)18(10-8-14)9-7-12-5-3-2-4-6-12/h2-6,11H,7-10,14H2,1H3. The lowest BCUT2D eigenvalue weighted by Crippen LogP contribution is -2.37. The molecule has 0 aliphatic rings. The number of aromatic nitrogens is 3. The Morgan fingerprint density at radius 2 is 1.95 bits per heavy atom. The van der Waals surface area contributed by atoms with E-state index in [1.54, 1.807) is 7.05 Å². The van der Waals surface area contributed by atoms with Gasteiger partial charge in [0.15, 0.2) is 5.03 Å². The predicted molar refractivity (Wildman–Crippen MR) is 79.0 cm³/mol. The molecule has 0 amide bonds. The van der Waals surface area contributed by atoms with Crippen molar-refractivity contribution < 1.29 is 8.42 Å². The average molecular weight is 309 g/mol. The predicted octanol–water partition coefficient (Wildman–Crippen LogP) is 0.00720. The van der Waals surface area contributed by atoms with Gasteiger partial charge in [-0.25, -0.2) is 13.1 Å². The Kier molecular flexibility index (Phi) is 5.05. The van der Waals surface area contributed by atoms with Gasteiger partial charge >= 0.3 is 0 Å². The maximum atomic E-state index is 12.6. The molecule has 2 N–H and O–H groups in total. The van der Waals surface area contributed by atoms with Gasteiger partial charge in [0.05, 0.1) is 6.20 Å². The summed E-state index contributed by atoms with van der Waals surface area (Å²) in [5.74, 6) is 0. The molecule has 0 spiro atoms. The number of hydrogen-bond donors (Lipinski definition) is 1. The zero-order valence-corrected chi connectivity index (χ0v) is 12.7. The zero-order chi connectivity index (χ0) is 15.3. The molecule has 2 aromatic rings. The largest absolute Gasteiger partial charge is 0.329 e. The summed E-state index contributed by atoms with van der Waals surface area (Å²) in [6.45, 7) is 0.897. The molecule has 0 unspecified atom stereocenters. The van der Waals surface area contributed by atoms with E-state index in [0.29, 0.717) is 13.0 Å². The molecule has 0 aliphatic carbocycles. The van der Waals surface area contributed by atoms with Gasteiger partial charge < -0.3 is 5.73 Å². The van der Waals surface area contributed by atoms with Gasteiger partial charge in [-0.3, -0.25) is 0 Å². The summed E-state index contributed by atoms with van der Waals surface area (Å²) in [5.41, 5.74) is 6.62. The van der Waals surface area contributed by atoms with E-state index in [0.717, 1.165) is 5.56 Å².